The van der Waals surface area contributed by atoms with Gasteiger partial charge in [0.05, 0.1) is 11.3 Å². The van der Waals surface area contributed by atoms with Gasteiger partial charge in [-0.25, -0.2) is 0 Å². The molecule has 2 heterocycles. The van der Waals surface area contributed by atoms with E-state index in [2.05, 4.69) is 27.3 Å². The number of aliphatic carboxylic acids is 1. The highest BCUT2D eigenvalue weighted by Gasteiger charge is 2.31. The molecule has 10 heteroatoms. The number of hydrogen-bond acceptors (Lipinski definition) is 6. The van der Waals surface area contributed by atoms with E-state index in [4.69, 9.17) is 5.11 Å². The van der Waals surface area contributed by atoms with Crippen molar-refractivity contribution in [3.63, 3.8) is 0 Å². The number of halogens is 3. The van der Waals surface area contributed by atoms with Crippen LogP contribution in [0.4, 0.5) is 19.0 Å². The third-order valence-corrected chi connectivity index (χ3v) is 5.84. The van der Waals surface area contributed by atoms with Crippen LogP contribution in [0.25, 0.3) is 11.3 Å². The molecule has 0 bridgehead atoms. The number of alkyl halides is 3. The molecule has 0 amide bonds. The molecule has 0 spiro atoms. The maximum atomic E-state index is 12.9. The van der Waals surface area contributed by atoms with Crippen molar-refractivity contribution in [3.8, 4) is 17.0 Å². The van der Waals surface area contributed by atoms with E-state index in [9.17, 15) is 23.1 Å². The Bertz CT molecular complexity index is 984. The molecule has 1 fully saturated rings. The number of carboxylic acids is 1. The molecule has 0 aliphatic carbocycles. The molecule has 33 heavy (non-hydrogen) atoms. The zero-order valence-electron chi connectivity index (χ0n) is 18.7. The fourth-order valence-electron chi connectivity index (χ4n) is 4.18. The molecule has 3 N–H and O–H groups in total. The second kappa shape index (κ2) is 10.4. The molecule has 180 valence electrons. The number of hydrogen-bond donors (Lipinski definition) is 3. The van der Waals surface area contributed by atoms with Gasteiger partial charge in [-0.3, -0.25) is 4.79 Å². The van der Waals surface area contributed by atoms with Gasteiger partial charge in [0.2, 0.25) is 0 Å². The maximum Gasteiger partial charge on any atom is 0.416 e. The van der Waals surface area contributed by atoms with E-state index < -0.39 is 23.5 Å². The number of phenolic OH excluding ortho intramolecular Hbond substituents is 1. The van der Waals surface area contributed by atoms with Gasteiger partial charge in [-0.2, -0.15) is 13.2 Å². The molecular formula is C23H29F3N4O3. The third-order valence-electron chi connectivity index (χ3n) is 5.84. The molecule has 1 aliphatic rings. The van der Waals surface area contributed by atoms with Crippen LogP contribution in [0.2, 0.25) is 0 Å². The number of anilines is 1. The summed E-state index contributed by atoms with van der Waals surface area (Å²) in [6.07, 6.45) is -1.75. The normalized spacial score (nSPS) is 18.2. The van der Waals surface area contributed by atoms with Gasteiger partial charge in [-0.1, -0.05) is 6.92 Å². The van der Waals surface area contributed by atoms with Crippen molar-refractivity contribution in [2.24, 2.45) is 5.92 Å². The van der Waals surface area contributed by atoms with Crippen molar-refractivity contribution in [3.05, 3.63) is 35.4 Å². The minimum absolute atomic E-state index is 0.157. The summed E-state index contributed by atoms with van der Waals surface area (Å²) in [7, 11) is 0. The first-order chi connectivity index (χ1) is 15.5. The highest BCUT2D eigenvalue weighted by Crippen LogP contribution is 2.36. The number of likely N-dealkylation sites (tertiary alicyclic amines) is 1. The van der Waals surface area contributed by atoms with Crippen LogP contribution < -0.4 is 5.32 Å². The minimum Gasteiger partial charge on any atom is -0.507 e. The van der Waals surface area contributed by atoms with Crippen molar-refractivity contribution in [1.29, 1.82) is 0 Å². The lowest BCUT2D eigenvalue weighted by Crippen LogP contribution is -2.43. The van der Waals surface area contributed by atoms with Crippen molar-refractivity contribution in [1.82, 2.24) is 15.1 Å². The Morgan fingerprint density at radius 1 is 1.30 bits per heavy atom. The molecule has 1 saturated heterocycles. The highest BCUT2D eigenvalue weighted by molar-refractivity contribution is 5.70. The smallest absolute Gasteiger partial charge is 0.416 e. The van der Waals surface area contributed by atoms with Gasteiger partial charge in [0, 0.05) is 31.1 Å². The summed E-state index contributed by atoms with van der Waals surface area (Å²) in [5, 5.41) is 30.7. The summed E-state index contributed by atoms with van der Waals surface area (Å²) < 4.78 is 38.6. The molecule has 2 atom stereocenters. The maximum absolute atomic E-state index is 12.9. The second-order valence-electron chi connectivity index (χ2n) is 8.77. The van der Waals surface area contributed by atoms with E-state index in [-0.39, 0.29) is 23.9 Å². The Labute approximate surface area is 190 Å². The molecule has 2 aromatic rings. The number of nitrogens with one attached hydrogen (secondary N) is 1. The summed E-state index contributed by atoms with van der Waals surface area (Å²) >= 11 is 0. The van der Waals surface area contributed by atoms with Crippen LogP contribution in [0.15, 0.2) is 24.3 Å². The lowest BCUT2D eigenvalue weighted by Gasteiger charge is -2.34. The van der Waals surface area contributed by atoms with Crippen LogP contribution in [0.1, 0.15) is 43.7 Å². The van der Waals surface area contributed by atoms with Crippen LogP contribution in [-0.2, 0) is 11.0 Å². The quantitative estimate of drug-likeness (QED) is 0.525. The summed E-state index contributed by atoms with van der Waals surface area (Å²) in [5.74, 6) is -0.420. The van der Waals surface area contributed by atoms with E-state index in [1.54, 1.807) is 13.0 Å². The molecule has 1 aromatic carbocycles. The van der Waals surface area contributed by atoms with Gasteiger partial charge >= 0.3 is 12.1 Å². The molecule has 3 rings (SSSR count). The largest absolute Gasteiger partial charge is 0.507 e. The van der Waals surface area contributed by atoms with Crippen molar-refractivity contribution >= 4 is 11.8 Å². The number of aryl methyl sites for hydroxylation is 1. The summed E-state index contributed by atoms with van der Waals surface area (Å²) in [5.41, 5.74) is 0.271. The van der Waals surface area contributed by atoms with E-state index in [0.717, 1.165) is 38.5 Å². The molecule has 0 saturated carbocycles. The molecule has 7 nitrogen and oxygen atoms in total. The van der Waals surface area contributed by atoms with Gasteiger partial charge < -0.3 is 20.4 Å². The van der Waals surface area contributed by atoms with Crippen molar-refractivity contribution in [2.75, 3.05) is 25.0 Å². The lowest BCUT2D eigenvalue weighted by molar-refractivity contribution is -0.138. The summed E-state index contributed by atoms with van der Waals surface area (Å²) in [6, 6.07) is 4.73. The highest BCUT2D eigenvalue weighted by atomic mass is 19.4. The zero-order valence-corrected chi connectivity index (χ0v) is 18.7. The molecular weight excluding hydrogens is 437 g/mol. The number of aromatic hydroxyl groups is 1. The van der Waals surface area contributed by atoms with Crippen LogP contribution >= 0.6 is 0 Å². The van der Waals surface area contributed by atoms with Gasteiger partial charge in [-0.15, -0.1) is 10.2 Å². The van der Waals surface area contributed by atoms with Gasteiger partial charge in [0.15, 0.2) is 0 Å². The van der Waals surface area contributed by atoms with Crippen LogP contribution in [0.5, 0.6) is 5.75 Å². The standard InChI is InChI=1S/C23H29F3N4O3/c1-14(5-8-21(32)33)12-30-9-3-4-17(13-30)27-20-10-15(2)22(29-28-20)18-7-6-16(11-19(18)31)23(24,25)26/h6-7,10-11,14,17,31H,3-5,8-9,12-13H2,1-2H3,(H,27,28)(H,32,33)/t14-,17-/m1/s1. The van der Waals surface area contributed by atoms with Crippen molar-refractivity contribution in [2.45, 2.75) is 51.7 Å². The number of phenols is 1. The van der Waals surface area contributed by atoms with Gasteiger partial charge in [0.25, 0.3) is 0 Å². The Kier molecular flexibility index (Phi) is 7.78. The number of carboxylic acid groups (broad SMARTS) is 1. The van der Waals surface area contributed by atoms with E-state index in [1.165, 1.54) is 6.07 Å². The van der Waals surface area contributed by atoms with E-state index in [1.807, 2.05) is 0 Å². The second-order valence-corrected chi connectivity index (χ2v) is 8.77. The first-order valence-electron chi connectivity index (χ1n) is 11.0. The molecule has 0 unspecified atom stereocenters. The van der Waals surface area contributed by atoms with Crippen LogP contribution in [-0.4, -0.2) is 57.0 Å². The molecule has 1 aromatic heterocycles. The third kappa shape index (κ3) is 6.80. The van der Waals surface area contributed by atoms with Gasteiger partial charge in [0.1, 0.15) is 11.6 Å². The lowest BCUT2D eigenvalue weighted by atomic mass is 10.0. The first kappa shape index (κ1) is 24.8. The minimum atomic E-state index is -4.54. The number of aromatic nitrogens is 2. The Morgan fingerprint density at radius 3 is 2.70 bits per heavy atom. The number of benzene rings is 1. The first-order valence-corrected chi connectivity index (χ1v) is 11.0. The fraction of sp³-hybridized carbons (Fsp3) is 0.522. The summed E-state index contributed by atoms with van der Waals surface area (Å²) in [6.45, 7) is 6.43. The summed E-state index contributed by atoms with van der Waals surface area (Å²) in [4.78, 5) is 13.1. The monoisotopic (exact) mass is 466 g/mol. The molecule has 0 radical (unpaired) electrons. The predicted octanol–water partition coefficient (Wildman–Crippen LogP) is 4.55. The van der Waals surface area contributed by atoms with Gasteiger partial charge in [-0.05, 0) is 68.5 Å². The number of rotatable bonds is 8. The SMILES string of the molecule is Cc1cc(N[C@@H]2CCCN(C[C@H](C)CCC(=O)O)C2)nnc1-c1ccc(C(F)(F)F)cc1O. The van der Waals surface area contributed by atoms with Crippen molar-refractivity contribution < 1.29 is 28.2 Å². The molecule has 1 aliphatic heterocycles. The zero-order chi connectivity index (χ0) is 24.2. The topological polar surface area (TPSA) is 98.6 Å². The van der Waals surface area contributed by atoms with E-state index >= 15 is 0 Å². The number of nitrogens with zero attached hydrogens (tertiary/aromatic N) is 3. The number of carbonyl (C=O) groups is 1. The van der Waals surface area contributed by atoms with Crippen LogP contribution in [0.3, 0.4) is 0 Å². The average Bonchev–Trinajstić information content (AvgIpc) is 2.72. The Morgan fingerprint density at radius 2 is 2.06 bits per heavy atom. The predicted molar refractivity (Wildman–Crippen MR) is 118 cm³/mol. The van der Waals surface area contributed by atoms with Crippen LogP contribution in [0, 0.1) is 12.8 Å². The Hall–Kier alpha value is -2.88. The Balaban J connectivity index is 1.64. The average molecular weight is 467 g/mol. The number of piperidine rings is 1. The fourth-order valence-corrected chi connectivity index (χ4v) is 4.18. The van der Waals surface area contributed by atoms with E-state index in [0.29, 0.717) is 29.6 Å².